The van der Waals surface area contributed by atoms with Crippen molar-refractivity contribution in [2.45, 2.75) is 66.9 Å². The monoisotopic (exact) mass is 533 g/mol. The van der Waals surface area contributed by atoms with Gasteiger partial charge in [0.05, 0.1) is 25.7 Å². The molecule has 2 fully saturated rings. The van der Waals surface area contributed by atoms with Gasteiger partial charge in [-0.15, -0.1) is 0 Å². The van der Waals surface area contributed by atoms with Crippen LogP contribution in [0.1, 0.15) is 52.4 Å². The van der Waals surface area contributed by atoms with Crippen LogP contribution in [0, 0.1) is 11.3 Å². The third-order valence-electron chi connectivity index (χ3n) is 7.89. The van der Waals surface area contributed by atoms with E-state index >= 15 is 0 Å². The number of rotatable bonds is 6. The molecule has 0 aromatic carbocycles. The zero-order valence-corrected chi connectivity index (χ0v) is 22.5. The molecule has 4 heterocycles. The molecule has 1 saturated carbocycles. The first-order valence-electron chi connectivity index (χ1n) is 12.0. The van der Waals surface area contributed by atoms with E-state index in [0.717, 1.165) is 53.7 Å². The van der Waals surface area contributed by atoms with Crippen LogP contribution in [-0.2, 0) is 11.0 Å². The lowest BCUT2D eigenvalue weighted by Crippen LogP contribution is -2.45. The molecule has 0 bridgehead atoms. The zero-order chi connectivity index (χ0) is 24.8. The summed E-state index contributed by atoms with van der Waals surface area (Å²) in [7, 11) is -1.31. The Balaban J connectivity index is 1.35. The van der Waals surface area contributed by atoms with Crippen LogP contribution in [0.5, 0.6) is 0 Å². The van der Waals surface area contributed by atoms with Gasteiger partial charge in [-0.1, -0.05) is 29.8 Å². The smallest absolute Gasteiger partial charge is 0.211 e. The maximum atomic E-state index is 12.1. The minimum atomic E-state index is -1.31. The first-order chi connectivity index (χ1) is 16.7. The van der Waals surface area contributed by atoms with Gasteiger partial charge in [-0.25, -0.2) is 19.2 Å². The predicted octanol–water partition coefficient (Wildman–Crippen LogP) is 4.69. The molecule has 3 aromatic heterocycles. The summed E-state index contributed by atoms with van der Waals surface area (Å²) in [6.07, 6.45) is 14.2. The average molecular weight is 534 g/mol. The van der Waals surface area contributed by atoms with Crippen molar-refractivity contribution in [3.8, 4) is 0 Å². The summed E-state index contributed by atoms with van der Waals surface area (Å²) in [4.78, 5) is 17.6. The molecule has 0 amide bonds. The summed E-state index contributed by atoms with van der Waals surface area (Å²) in [5, 5.41) is 6.26. The van der Waals surface area contributed by atoms with Gasteiger partial charge in [-0.3, -0.25) is 9.54 Å². The standard InChI is InChI=1S/C24H32ClN7OS2/c1-23(2,35(27)33)14-16-4-3-6-24(16)7-11-31(12-8-24)22-30-15-18(21-29-10-13-32(21)22)34-17-5-9-28-20(26)19(17)25/h5,9-10,13,15-16H,3-4,6-8,11-12,14,27H2,1-2H3,(H2,26,28)/t16-,35?/m1/s1. The summed E-state index contributed by atoms with van der Waals surface area (Å²) in [5.41, 5.74) is 7.03. The molecule has 1 aliphatic carbocycles. The molecule has 1 aliphatic heterocycles. The number of nitrogens with zero attached hydrogens (tertiary/aromatic N) is 5. The van der Waals surface area contributed by atoms with Gasteiger partial charge >= 0.3 is 0 Å². The van der Waals surface area contributed by atoms with Crippen molar-refractivity contribution < 1.29 is 4.21 Å². The number of pyridine rings is 1. The fourth-order valence-corrected chi connectivity index (χ4v) is 7.34. The van der Waals surface area contributed by atoms with Crippen LogP contribution in [0.25, 0.3) is 5.65 Å². The van der Waals surface area contributed by atoms with E-state index in [4.69, 9.17) is 27.5 Å². The second-order valence-corrected chi connectivity index (χ2v) is 13.5. The number of hydrogen-bond acceptors (Lipinski definition) is 7. The lowest BCUT2D eigenvalue weighted by molar-refractivity contribution is 0.133. The van der Waals surface area contributed by atoms with E-state index in [2.05, 4.69) is 19.3 Å². The molecule has 2 atom stereocenters. The van der Waals surface area contributed by atoms with Crippen LogP contribution in [0.15, 0.2) is 40.6 Å². The van der Waals surface area contributed by atoms with Crippen molar-refractivity contribution in [1.82, 2.24) is 19.4 Å². The molecular weight excluding hydrogens is 502 g/mol. The molecule has 35 heavy (non-hydrogen) atoms. The van der Waals surface area contributed by atoms with Crippen molar-refractivity contribution in [2.75, 3.05) is 23.7 Å². The van der Waals surface area contributed by atoms with Crippen LogP contribution in [0.4, 0.5) is 11.8 Å². The number of halogens is 1. The average Bonchev–Trinajstić information content (AvgIpc) is 3.46. The molecule has 8 nitrogen and oxygen atoms in total. The first-order valence-corrected chi connectivity index (χ1v) is 14.4. The Morgan fingerprint density at radius 3 is 2.71 bits per heavy atom. The van der Waals surface area contributed by atoms with Crippen LogP contribution in [-0.4, -0.2) is 41.4 Å². The summed E-state index contributed by atoms with van der Waals surface area (Å²) >= 11 is 7.85. The molecule has 5 rings (SSSR count). The Kier molecular flexibility index (Phi) is 6.76. The van der Waals surface area contributed by atoms with E-state index < -0.39 is 11.0 Å². The summed E-state index contributed by atoms with van der Waals surface area (Å²) < 4.78 is 13.8. The third kappa shape index (κ3) is 4.65. The number of aromatic nitrogens is 4. The Morgan fingerprint density at radius 2 is 1.97 bits per heavy atom. The molecule has 11 heteroatoms. The van der Waals surface area contributed by atoms with E-state index in [-0.39, 0.29) is 4.75 Å². The van der Waals surface area contributed by atoms with E-state index in [9.17, 15) is 4.21 Å². The third-order valence-corrected chi connectivity index (χ3v) is 10.7. The topological polar surface area (TPSA) is 115 Å². The van der Waals surface area contributed by atoms with Gasteiger partial charge in [-0.2, -0.15) is 0 Å². The Morgan fingerprint density at radius 1 is 1.20 bits per heavy atom. The van der Waals surface area contributed by atoms with Gasteiger partial charge in [0.15, 0.2) is 5.65 Å². The number of nitrogens with two attached hydrogens (primary N) is 2. The van der Waals surface area contributed by atoms with Crippen LogP contribution < -0.4 is 15.8 Å². The van der Waals surface area contributed by atoms with Crippen molar-refractivity contribution in [3.05, 3.63) is 35.9 Å². The van der Waals surface area contributed by atoms with Gasteiger partial charge in [0.25, 0.3) is 0 Å². The molecule has 188 valence electrons. The molecule has 3 aromatic rings. The molecule has 2 aliphatic rings. The van der Waals surface area contributed by atoms with Crippen LogP contribution in [0.2, 0.25) is 5.02 Å². The molecule has 0 radical (unpaired) electrons. The number of piperidine rings is 1. The lowest BCUT2D eigenvalue weighted by Gasteiger charge is -2.45. The fraction of sp³-hybridized carbons (Fsp3) is 0.542. The number of imidazole rings is 1. The van der Waals surface area contributed by atoms with Crippen molar-refractivity contribution in [2.24, 2.45) is 16.5 Å². The molecule has 4 N–H and O–H groups in total. The zero-order valence-electron chi connectivity index (χ0n) is 20.1. The Bertz CT molecular complexity index is 1260. The SMILES string of the molecule is CC(C)(C[C@H]1CCCC12CCN(c1ncc(Sc3ccnc(N)c3Cl)c3nccn13)CC2)S(N)=O. The minimum absolute atomic E-state index is 0.314. The van der Waals surface area contributed by atoms with Gasteiger partial charge < -0.3 is 10.6 Å². The largest absolute Gasteiger partial charge is 0.382 e. The lowest BCUT2D eigenvalue weighted by atomic mass is 9.68. The van der Waals surface area contributed by atoms with Crippen molar-refractivity contribution in [3.63, 3.8) is 0 Å². The first kappa shape index (κ1) is 24.8. The quantitative estimate of drug-likeness (QED) is 0.472. The van der Waals surface area contributed by atoms with E-state index in [1.807, 2.05) is 32.3 Å². The van der Waals surface area contributed by atoms with Gasteiger partial charge in [0.1, 0.15) is 5.82 Å². The summed E-state index contributed by atoms with van der Waals surface area (Å²) in [5.74, 6) is 1.80. The highest BCUT2D eigenvalue weighted by Crippen LogP contribution is 2.53. The maximum Gasteiger partial charge on any atom is 0.211 e. The number of fused-ring (bicyclic) bond motifs is 1. The molecule has 1 spiro atoms. The predicted molar refractivity (Wildman–Crippen MR) is 143 cm³/mol. The maximum absolute atomic E-state index is 12.1. The highest BCUT2D eigenvalue weighted by molar-refractivity contribution is 7.99. The second-order valence-electron chi connectivity index (χ2n) is 10.4. The fourth-order valence-electron chi connectivity index (χ4n) is 5.84. The second kappa shape index (κ2) is 9.53. The van der Waals surface area contributed by atoms with Gasteiger partial charge in [0, 0.05) is 42.8 Å². The number of nitrogen functional groups attached to an aromatic ring is 1. The number of hydrogen-bond donors (Lipinski definition) is 2. The normalized spacial score (nSPS) is 21.1. The van der Waals surface area contributed by atoms with Crippen molar-refractivity contribution >= 4 is 51.8 Å². The van der Waals surface area contributed by atoms with E-state index in [1.165, 1.54) is 31.0 Å². The molecular formula is C24H32ClN7OS2. The van der Waals surface area contributed by atoms with Gasteiger partial charge in [0.2, 0.25) is 5.95 Å². The van der Waals surface area contributed by atoms with Crippen LogP contribution in [0.3, 0.4) is 0 Å². The summed E-state index contributed by atoms with van der Waals surface area (Å²) in [6.45, 7) is 5.97. The molecule has 1 saturated heterocycles. The Hall–Kier alpha value is -1.88. The van der Waals surface area contributed by atoms with Gasteiger partial charge in [-0.05, 0) is 63.4 Å². The Labute approximate surface area is 217 Å². The minimum Gasteiger partial charge on any atom is -0.382 e. The van der Waals surface area contributed by atoms with E-state index in [0.29, 0.717) is 22.2 Å². The van der Waals surface area contributed by atoms with Crippen LogP contribution >= 0.6 is 23.4 Å². The summed E-state index contributed by atoms with van der Waals surface area (Å²) in [6, 6.07) is 1.85. The highest BCUT2D eigenvalue weighted by atomic mass is 35.5. The molecule has 1 unspecified atom stereocenters. The van der Waals surface area contributed by atoms with Crippen molar-refractivity contribution in [1.29, 1.82) is 0 Å². The van der Waals surface area contributed by atoms with E-state index in [1.54, 1.807) is 12.4 Å². The number of anilines is 2. The highest BCUT2D eigenvalue weighted by Gasteiger charge is 2.47.